The van der Waals surface area contributed by atoms with Crippen molar-refractivity contribution in [1.82, 2.24) is 0 Å². The van der Waals surface area contributed by atoms with Crippen molar-refractivity contribution in [2.75, 3.05) is 24.5 Å². The van der Waals surface area contributed by atoms with Crippen LogP contribution < -0.4 is 10.6 Å². The Kier molecular flexibility index (Phi) is 3.80. The van der Waals surface area contributed by atoms with Crippen LogP contribution >= 0.6 is 0 Å². The quantitative estimate of drug-likeness (QED) is 0.883. The molecule has 1 unspecified atom stereocenters. The maximum absolute atomic E-state index is 12.4. The zero-order chi connectivity index (χ0) is 13.2. The molecular weight excluding hydrogens is 241 g/mol. The Bertz CT molecular complexity index is 386. The number of halogens is 3. The Morgan fingerprint density at radius 1 is 1.22 bits per heavy atom. The van der Waals surface area contributed by atoms with Crippen LogP contribution in [0.15, 0.2) is 24.3 Å². The molecule has 0 spiro atoms. The van der Waals surface area contributed by atoms with Crippen molar-refractivity contribution < 1.29 is 13.2 Å². The molecule has 0 bridgehead atoms. The highest BCUT2D eigenvalue weighted by atomic mass is 19.4. The predicted octanol–water partition coefficient (Wildman–Crippen LogP) is 2.88. The molecule has 1 saturated heterocycles. The molecule has 1 fully saturated rings. The number of hydrogen-bond donors (Lipinski definition) is 1. The molecule has 1 atom stereocenters. The summed E-state index contributed by atoms with van der Waals surface area (Å²) < 4.78 is 37.3. The van der Waals surface area contributed by atoms with E-state index in [0.29, 0.717) is 12.5 Å². The molecule has 1 heterocycles. The van der Waals surface area contributed by atoms with Gasteiger partial charge in [-0.15, -0.1) is 0 Å². The highest BCUT2D eigenvalue weighted by molar-refractivity contribution is 5.48. The van der Waals surface area contributed by atoms with E-state index >= 15 is 0 Å². The molecule has 1 aromatic carbocycles. The summed E-state index contributed by atoms with van der Waals surface area (Å²) in [5.74, 6) is 0.445. The minimum atomic E-state index is -4.26. The average molecular weight is 258 g/mol. The molecule has 1 aliphatic rings. The van der Waals surface area contributed by atoms with E-state index in [0.717, 1.165) is 43.8 Å². The molecule has 2 N–H and O–H groups in total. The van der Waals surface area contributed by atoms with Crippen LogP contribution in [0.3, 0.4) is 0 Å². The van der Waals surface area contributed by atoms with Crippen molar-refractivity contribution in [3.63, 3.8) is 0 Å². The van der Waals surface area contributed by atoms with Crippen LogP contribution in [-0.4, -0.2) is 19.6 Å². The van der Waals surface area contributed by atoms with Gasteiger partial charge in [-0.05, 0) is 49.6 Å². The van der Waals surface area contributed by atoms with Gasteiger partial charge in [0.1, 0.15) is 0 Å². The Balaban J connectivity index is 2.09. The summed E-state index contributed by atoms with van der Waals surface area (Å²) >= 11 is 0. The van der Waals surface area contributed by atoms with Crippen LogP contribution in [0.4, 0.5) is 18.9 Å². The fraction of sp³-hybridized carbons (Fsp3) is 0.538. The monoisotopic (exact) mass is 258 g/mol. The van der Waals surface area contributed by atoms with Gasteiger partial charge in [0.15, 0.2) is 0 Å². The van der Waals surface area contributed by atoms with E-state index < -0.39 is 11.7 Å². The molecule has 2 rings (SSSR count). The lowest BCUT2D eigenvalue weighted by Crippen LogP contribution is -2.38. The van der Waals surface area contributed by atoms with Gasteiger partial charge in [0.25, 0.3) is 0 Å². The van der Waals surface area contributed by atoms with Gasteiger partial charge >= 0.3 is 6.18 Å². The van der Waals surface area contributed by atoms with Gasteiger partial charge in [-0.2, -0.15) is 13.2 Å². The van der Waals surface area contributed by atoms with Gasteiger partial charge < -0.3 is 10.6 Å². The summed E-state index contributed by atoms with van der Waals surface area (Å²) in [6.45, 7) is 2.36. The van der Waals surface area contributed by atoms with Gasteiger partial charge in [0.2, 0.25) is 0 Å². The smallest absolute Gasteiger partial charge is 0.371 e. The standard InChI is InChI=1S/C13H17F3N2/c14-13(15,16)11-3-5-12(6-4-11)18-7-1-2-10(8-17)9-18/h3-6,10H,1-2,7-9,17H2. The van der Waals surface area contributed by atoms with Gasteiger partial charge in [0, 0.05) is 18.8 Å². The summed E-state index contributed by atoms with van der Waals surface area (Å²) in [6, 6.07) is 5.37. The molecule has 0 amide bonds. The SMILES string of the molecule is NCC1CCCN(c2ccc(C(F)(F)F)cc2)C1. The van der Waals surface area contributed by atoms with E-state index in [-0.39, 0.29) is 0 Å². The molecule has 18 heavy (non-hydrogen) atoms. The van der Waals surface area contributed by atoms with Crippen molar-refractivity contribution in [2.45, 2.75) is 19.0 Å². The van der Waals surface area contributed by atoms with Gasteiger partial charge in [-0.25, -0.2) is 0 Å². The number of nitrogens with two attached hydrogens (primary N) is 1. The van der Waals surface area contributed by atoms with Crippen molar-refractivity contribution in [2.24, 2.45) is 11.7 Å². The normalized spacial score (nSPS) is 21.1. The van der Waals surface area contributed by atoms with Gasteiger partial charge in [0.05, 0.1) is 5.56 Å². The van der Waals surface area contributed by atoms with Gasteiger partial charge in [-0.3, -0.25) is 0 Å². The average Bonchev–Trinajstić information content (AvgIpc) is 2.38. The number of anilines is 1. The second-order valence-corrected chi connectivity index (χ2v) is 4.73. The maximum atomic E-state index is 12.4. The van der Waals surface area contributed by atoms with Crippen molar-refractivity contribution >= 4 is 5.69 Å². The topological polar surface area (TPSA) is 29.3 Å². The first-order valence-corrected chi connectivity index (χ1v) is 6.13. The summed E-state index contributed by atoms with van der Waals surface area (Å²) in [4.78, 5) is 2.11. The molecule has 100 valence electrons. The highest BCUT2D eigenvalue weighted by Gasteiger charge is 2.30. The molecule has 5 heteroatoms. The molecule has 0 aromatic heterocycles. The summed E-state index contributed by atoms with van der Waals surface area (Å²) in [5.41, 5.74) is 5.90. The largest absolute Gasteiger partial charge is 0.416 e. The van der Waals surface area contributed by atoms with Crippen LogP contribution in [-0.2, 0) is 6.18 Å². The number of alkyl halides is 3. The number of hydrogen-bond acceptors (Lipinski definition) is 2. The Morgan fingerprint density at radius 3 is 2.44 bits per heavy atom. The second-order valence-electron chi connectivity index (χ2n) is 4.73. The Morgan fingerprint density at radius 2 is 1.89 bits per heavy atom. The number of piperidine rings is 1. The van der Waals surface area contributed by atoms with Crippen LogP contribution in [0.1, 0.15) is 18.4 Å². The predicted molar refractivity (Wildman–Crippen MR) is 65.4 cm³/mol. The van der Waals surface area contributed by atoms with Gasteiger partial charge in [-0.1, -0.05) is 0 Å². The maximum Gasteiger partial charge on any atom is 0.416 e. The molecule has 2 nitrogen and oxygen atoms in total. The summed E-state index contributed by atoms with van der Waals surface area (Å²) in [5, 5.41) is 0. The zero-order valence-corrected chi connectivity index (χ0v) is 10.1. The first-order valence-electron chi connectivity index (χ1n) is 6.13. The Labute approximate surface area is 105 Å². The molecule has 1 aromatic rings. The van der Waals surface area contributed by atoms with Crippen LogP contribution in [0.2, 0.25) is 0 Å². The molecule has 1 aliphatic heterocycles. The number of benzene rings is 1. The first kappa shape index (κ1) is 13.2. The van der Waals surface area contributed by atoms with E-state index in [1.807, 2.05) is 0 Å². The number of rotatable bonds is 2. The summed E-state index contributed by atoms with van der Waals surface area (Å²) in [7, 11) is 0. The first-order chi connectivity index (χ1) is 8.50. The minimum Gasteiger partial charge on any atom is -0.371 e. The van der Waals surface area contributed by atoms with Crippen molar-refractivity contribution in [1.29, 1.82) is 0 Å². The zero-order valence-electron chi connectivity index (χ0n) is 10.1. The second kappa shape index (κ2) is 5.18. The fourth-order valence-corrected chi connectivity index (χ4v) is 2.35. The number of nitrogens with zero attached hydrogens (tertiary/aromatic N) is 1. The highest BCUT2D eigenvalue weighted by Crippen LogP contribution is 2.31. The fourth-order valence-electron chi connectivity index (χ4n) is 2.35. The third-order valence-corrected chi connectivity index (χ3v) is 3.41. The van der Waals surface area contributed by atoms with Crippen molar-refractivity contribution in [3.05, 3.63) is 29.8 Å². The summed E-state index contributed by atoms with van der Waals surface area (Å²) in [6.07, 6.45) is -2.11. The minimum absolute atomic E-state index is 0.445. The molecular formula is C13H17F3N2. The van der Waals surface area contributed by atoms with Crippen LogP contribution in [0.5, 0.6) is 0 Å². The Hall–Kier alpha value is -1.23. The molecule has 0 aliphatic carbocycles. The lowest BCUT2D eigenvalue weighted by atomic mass is 9.97. The van der Waals surface area contributed by atoms with E-state index in [1.54, 1.807) is 12.1 Å². The van der Waals surface area contributed by atoms with Crippen LogP contribution in [0.25, 0.3) is 0 Å². The third kappa shape index (κ3) is 2.96. The lowest BCUT2D eigenvalue weighted by molar-refractivity contribution is -0.137. The van der Waals surface area contributed by atoms with Crippen molar-refractivity contribution in [3.8, 4) is 0 Å². The van der Waals surface area contributed by atoms with E-state index in [9.17, 15) is 13.2 Å². The molecule has 0 saturated carbocycles. The van der Waals surface area contributed by atoms with E-state index in [1.165, 1.54) is 0 Å². The van der Waals surface area contributed by atoms with E-state index in [4.69, 9.17) is 5.73 Å². The lowest BCUT2D eigenvalue weighted by Gasteiger charge is -2.34. The third-order valence-electron chi connectivity index (χ3n) is 3.41. The van der Waals surface area contributed by atoms with E-state index in [2.05, 4.69) is 4.90 Å². The van der Waals surface area contributed by atoms with Crippen LogP contribution in [0, 0.1) is 5.92 Å². The molecule has 0 radical (unpaired) electrons.